The molecule has 0 aliphatic heterocycles. The Labute approximate surface area is 101 Å². The number of hydrogen-bond acceptors (Lipinski definition) is 2. The molecule has 0 saturated carbocycles. The average molecular weight is 234 g/mol. The standard InChI is InChI=1S/C12H12N3.ClH/c1-15(2)12-10-6-4-3-5-9(10)7-8-11(12)14-13;/h3-8H,1-2H3;1H/q+1;/p-1. The summed E-state index contributed by atoms with van der Waals surface area (Å²) in [5.41, 5.74) is 1.54. The molecule has 0 bridgehead atoms. The van der Waals surface area contributed by atoms with Crippen LogP contribution in [0.5, 0.6) is 0 Å². The first-order chi connectivity index (χ1) is 7.24. The van der Waals surface area contributed by atoms with Crippen LogP contribution in [-0.4, -0.2) is 14.1 Å². The van der Waals surface area contributed by atoms with E-state index in [9.17, 15) is 0 Å². The highest BCUT2D eigenvalue weighted by atomic mass is 35.5. The molecule has 0 heterocycles. The molecule has 4 heteroatoms. The van der Waals surface area contributed by atoms with Crippen LogP contribution in [0.25, 0.3) is 15.7 Å². The number of diazo groups is 1. The minimum atomic E-state index is 0. The number of anilines is 1. The average Bonchev–Trinajstić information content (AvgIpc) is 2.27. The maximum atomic E-state index is 8.93. The van der Waals surface area contributed by atoms with Gasteiger partial charge in [-0.2, -0.15) is 0 Å². The van der Waals surface area contributed by atoms with Gasteiger partial charge in [0.25, 0.3) is 0 Å². The lowest BCUT2D eigenvalue weighted by molar-refractivity contribution is -0.00000325. The van der Waals surface area contributed by atoms with E-state index in [0.29, 0.717) is 5.69 Å². The Kier molecular flexibility index (Phi) is 3.70. The quantitative estimate of drug-likeness (QED) is 0.668. The molecule has 0 aromatic heterocycles. The van der Waals surface area contributed by atoms with E-state index in [1.54, 1.807) is 0 Å². The van der Waals surface area contributed by atoms with Crippen LogP contribution in [0, 0.1) is 5.39 Å². The van der Waals surface area contributed by atoms with Gasteiger partial charge in [0.05, 0.1) is 0 Å². The molecular formula is C12H12ClN3. The molecule has 0 radical (unpaired) electrons. The van der Waals surface area contributed by atoms with Crippen LogP contribution >= 0.6 is 0 Å². The van der Waals surface area contributed by atoms with Gasteiger partial charge in [0.15, 0.2) is 4.98 Å². The fraction of sp³-hybridized carbons (Fsp3) is 0.167. The Balaban J connectivity index is 0.00000128. The molecule has 0 atom stereocenters. The Morgan fingerprint density at radius 3 is 2.38 bits per heavy atom. The van der Waals surface area contributed by atoms with Gasteiger partial charge in [-0.15, -0.1) is 0 Å². The summed E-state index contributed by atoms with van der Waals surface area (Å²) in [5, 5.41) is 11.2. The van der Waals surface area contributed by atoms with E-state index in [1.807, 2.05) is 55.4 Å². The molecule has 0 fully saturated rings. The second kappa shape index (κ2) is 4.82. The molecule has 0 spiro atoms. The van der Waals surface area contributed by atoms with Gasteiger partial charge in [-0.05, 0) is 11.5 Å². The highest BCUT2D eigenvalue weighted by Gasteiger charge is 2.17. The van der Waals surface area contributed by atoms with Crippen molar-refractivity contribution in [3.63, 3.8) is 0 Å². The summed E-state index contributed by atoms with van der Waals surface area (Å²) in [6.45, 7) is 0. The van der Waals surface area contributed by atoms with Crippen LogP contribution in [-0.2, 0) is 0 Å². The Morgan fingerprint density at radius 1 is 1.06 bits per heavy atom. The van der Waals surface area contributed by atoms with Gasteiger partial charge in [-0.1, -0.05) is 24.3 Å². The molecule has 16 heavy (non-hydrogen) atoms. The van der Waals surface area contributed by atoms with Crippen molar-refractivity contribution < 1.29 is 12.4 Å². The molecule has 82 valence electrons. The van der Waals surface area contributed by atoms with Gasteiger partial charge in [-0.25, -0.2) is 0 Å². The van der Waals surface area contributed by atoms with E-state index in [2.05, 4.69) is 4.98 Å². The zero-order valence-corrected chi connectivity index (χ0v) is 9.94. The van der Waals surface area contributed by atoms with Crippen LogP contribution in [0.1, 0.15) is 0 Å². The van der Waals surface area contributed by atoms with Crippen molar-refractivity contribution in [3.05, 3.63) is 41.4 Å². The molecule has 2 aromatic rings. The molecule has 0 saturated heterocycles. The van der Waals surface area contributed by atoms with Gasteiger partial charge >= 0.3 is 5.69 Å². The lowest BCUT2D eigenvalue weighted by Gasteiger charge is -2.12. The fourth-order valence-electron chi connectivity index (χ4n) is 1.79. The molecule has 0 amide bonds. The zero-order valence-electron chi connectivity index (χ0n) is 9.18. The van der Waals surface area contributed by atoms with Gasteiger partial charge in [-0.3, -0.25) is 0 Å². The maximum Gasteiger partial charge on any atom is 0.408 e. The molecule has 0 unspecified atom stereocenters. The summed E-state index contributed by atoms with van der Waals surface area (Å²) in [4.78, 5) is 5.26. The first-order valence-electron chi connectivity index (χ1n) is 4.78. The fourth-order valence-corrected chi connectivity index (χ4v) is 1.79. The predicted molar refractivity (Wildman–Crippen MR) is 63.0 cm³/mol. The second-order valence-electron chi connectivity index (χ2n) is 3.65. The van der Waals surface area contributed by atoms with Crippen molar-refractivity contribution in [1.82, 2.24) is 0 Å². The minimum Gasteiger partial charge on any atom is -1.00 e. The van der Waals surface area contributed by atoms with E-state index in [4.69, 9.17) is 5.39 Å². The zero-order chi connectivity index (χ0) is 10.8. The first-order valence-corrected chi connectivity index (χ1v) is 4.78. The van der Waals surface area contributed by atoms with Crippen molar-refractivity contribution in [3.8, 4) is 0 Å². The van der Waals surface area contributed by atoms with Crippen LogP contribution in [0.4, 0.5) is 11.4 Å². The second-order valence-corrected chi connectivity index (χ2v) is 3.65. The lowest BCUT2D eigenvalue weighted by Crippen LogP contribution is -3.00. The van der Waals surface area contributed by atoms with Crippen molar-refractivity contribution in [2.75, 3.05) is 19.0 Å². The summed E-state index contributed by atoms with van der Waals surface area (Å²) in [6, 6.07) is 11.8. The van der Waals surface area contributed by atoms with Gasteiger partial charge in [0.1, 0.15) is 5.69 Å². The molecule has 2 aromatic carbocycles. The number of rotatable bonds is 1. The number of halogens is 1. The number of benzene rings is 2. The van der Waals surface area contributed by atoms with Crippen molar-refractivity contribution in [2.45, 2.75) is 0 Å². The third-order valence-electron chi connectivity index (χ3n) is 2.43. The van der Waals surface area contributed by atoms with Gasteiger partial charge in [0.2, 0.25) is 5.39 Å². The van der Waals surface area contributed by atoms with Gasteiger partial charge in [0, 0.05) is 25.5 Å². The Hall–Kier alpha value is -1.79. The van der Waals surface area contributed by atoms with E-state index < -0.39 is 0 Å². The topological polar surface area (TPSA) is 31.4 Å². The maximum absolute atomic E-state index is 8.93. The molecule has 0 N–H and O–H groups in total. The number of fused-ring (bicyclic) bond motifs is 1. The Bertz CT molecular complexity index is 543. The monoisotopic (exact) mass is 233 g/mol. The van der Waals surface area contributed by atoms with Crippen LogP contribution in [0.3, 0.4) is 0 Å². The molecule has 0 aliphatic carbocycles. The van der Waals surface area contributed by atoms with Crippen LogP contribution in [0.15, 0.2) is 36.4 Å². The van der Waals surface area contributed by atoms with E-state index >= 15 is 0 Å². The highest BCUT2D eigenvalue weighted by molar-refractivity contribution is 6.00. The highest BCUT2D eigenvalue weighted by Crippen LogP contribution is 2.35. The van der Waals surface area contributed by atoms with Crippen LogP contribution in [0.2, 0.25) is 0 Å². The van der Waals surface area contributed by atoms with Gasteiger partial charge < -0.3 is 17.3 Å². The van der Waals surface area contributed by atoms with E-state index in [0.717, 1.165) is 16.5 Å². The summed E-state index contributed by atoms with van der Waals surface area (Å²) < 4.78 is 0. The van der Waals surface area contributed by atoms with Crippen molar-refractivity contribution >= 4 is 22.1 Å². The smallest absolute Gasteiger partial charge is 0.408 e. The summed E-state index contributed by atoms with van der Waals surface area (Å²) in [6.07, 6.45) is 0. The molecule has 0 aliphatic rings. The molecule has 2 rings (SSSR count). The SMILES string of the molecule is CN(C)c1c([N+]#N)ccc2ccccc12.[Cl-]. The third-order valence-corrected chi connectivity index (χ3v) is 2.43. The lowest BCUT2D eigenvalue weighted by atomic mass is 10.1. The summed E-state index contributed by atoms with van der Waals surface area (Å²) in [7, 11) is 3.88. The number of nitrogens with zero attached hydrogens (tertiary/aromatic N) is 3. The first kappa shape index (κ1) is 12.3. The minimum absolute atomic E-state index is 0. The Morgan fingerprint density at radius 2 is 1.75 bits per heavy atom. The normalized spacial score (nSPS) is 9.31. The van der Waals surface area contributed by atoms with E-state index in [-0.39, 0.29) is 12.4 Å². The van der Waals surface area contributed by atoms with Crippen molar-refractivity contribution in [1.29, 1.82) is 5.39 Å². The molecule has 3 nitrogen and oxygen atoms in total. The summed E-state index contributed by atoms with van der Waals surface area (Å²) in [5.74, 6) is 0. The van der Waals surface area contributed by atoms with E-state index in [1.165, 1.54) is 0 Å². The largest absolute Gasteiger partial charge is 1.00 e. The van der Waals surface area contributed by atoms with Crippen LogP contribution < -0.4 is 17.3 Å². The third kappa shape index (κ3) is 1.93. The van der Waals surface area contributed by atoms with Crippen molar-refractivity contribution in [2.24, 2.45) is 0 Å². The molecular weight excluding hydrogens is 222 g/mol. The summed E-state index contributed by atoms with van der Waals surface area (Å²) >= 11 is 0. The predicted octanol–water partition coefficient (Wildman–Crippen LogP) is 0.394. The number of hydrogen-bond donors (Lipinski definition) is 0.